The number of carbonyl (C=O) groups is 1. The maximum absolute atomic E-state index is 12.1. The number of esters is 1. The van der Waals surface area contributed by atoms with Crippen LogP contribution in [0.3, 0.4) is 0 Å². The van der Waals surface area contributed by atoms with Gasteiger partial charge in [-0.1, -0.05) is 11.6 Å². The summed E-state index contributed by atoms with van der Waals surface area (Å²) in [6.07, 6.45) is 7.43. The van der Waals surface area contributed by atoms with Crippen molar-refractivity contribution in [2.75, 3.05) is 7.11 Å². The molecule has 0 N–H and O–H groups in total. The molecule has 0 aromatic heterocycles. The van der Waals surface area contributed by atoms with Crippen molar-refractivity contribution in [1.82, 2.24) is 0 Å². The van der Waals surface area contributed by atoms with E-state index in [9.17, 15) is 4.79 Å². The molecule has 3 fully saturated rings. The number of allylic oxidation sites excluding steroid dienone is 2. The van der Waals surface area contributed by atoms with E-state index in [0.717, 1.165) is 30.1 Å². The third kappa shape index (κ3) is 1.01. The SMILES string of the molecule is COC(=O)C1(C)CC2CC1C1C3CC=C(C3)C21. The largest absolute Gasteiger partial charge is 0.469 e. The highest BCUT2D eigenvalue weighted by atomic mass is 16.5. The molecular formula is C15H20O2. The van der Waals surface area contributed by atoms with Crippen molar-refractivity contribution < 1.29 is 9.53 Å². The molecule has 0 amide bonds. The van der Waals surface area contributed by atoms with Gasteiger partial charge in [0.05, 0.1) is 12.5 Å². The van der Waals surface area contributed by atoms with Gasteiger partial charge in [0.2, 0.25) is 0 Å². The van der Waals surface area contributed by atoms with E-state index in [1.807, 2.05) is 0 Å². The minimum Gasteiger partial charge on any atom is -0.469 e. The van der Waals surface area contributed by atoms with Crippen molar-refractivity contribution >= 4 is 5.97 Å². The Bertz CT molecular complexity index is 425. The minimum absolute atomic E-state index is 0.0419. The summed E-state index contributed by atoms with van der Waals surface area (Å²) in [7, 11) is 1.54. The highest BCUT2D eigenvalue weighted by molar-refractivity contribution is 5.77. The normalized spacial score (nSPS) is 53.8. The topological polar surface area (TPSA) is 26.3 Å². The van der Waals surface area contributed by atoms with Crippen LogP contribution in [-0.4, -0.2) is 13.1 Å². The van der Waals surface area contributed by atoms with Crippen molar-refractivity contribution in [2.24, 2.45) is 35.0 Å². The predicted octanol–water partition coefficient (Wildman–Crippen LogP) is 2.79. The van der Waals surface area contributed by atoms with Crippen molar-refractivity contribution in [3.8, 4) is 0 Å². The molecule has 2 nitrogen and oxygen atoms in total. The van der Waals surface area contributed by atoms with Crippen LogP contribution >= 0.6 is 0 Å². The third-order valence-electron chi connectivity index (χ3n) is 6.25. The van der Waals surface area contributed by atoms with E-state index < -0.39 is 0 Å². The van der Waals surface area contributed by atoms with Gasteiger partial charge in [-0.25, -0.2) is 0 Å². The number of ether oxygens (including phenoxy) is 1. The Labute approximate surface area is 102 Å². The first-order valence-electron chi connectivity index (χ1n) is 6.92. The monoisotopic (exact) mass is 232 g/mol. The zero-order valence-corrected chi connectivity index (χ0v) is 10.6. The van der Waals surface area contributed by atoms with Crippen LogP contribution in [0.25, 0.3) is 0 Å². The van der Waals surface area contributed by atoms with Crippen molar-refractivity contribution in [3.05, 3.63) is 11.6 Å². The average molecular weight is 232 g/mol. The second-order valence-corrected chi connectivity index (χ2v) is 6.80. The molecule has 92 valence electrons. The Morgan fingerprint density at radius 2 is 2.29 bits per heavy atom. The van der Waals surface area contributed by atoms with Crippen molar-refractivity contribution in [1.29, 1.82) is 0 Å². The lowest BCUT2D eigenvalue weighted by Gasteiger charge is -2.41. The maximum Gasteiger partial charge on any atom is 0.311 e. The Morgan fingerprint density at radius 1 is 1.47 bits per heavy atom. The van der Waals surface area contributed by atoms with Gasteiger partial charge < -0.3 is 4.74 Å². The first-order chi connectivity index (χ1) is 8.15. The van der Waals surface area contributed by atoms with Gasteiger partial charge in [-0.2, -0.15) is 0 Å². The maximum atomic E-state index is 12.1. The summed E-state index contributed by atoms with van der Waals surface area (Å²) < 4.78 is 5.06. The molecular weight excluding hydrogens is 212 g/mol. The first-order valence-corrected chi connectivity index (χ1v) is 6.92. The Hall–Kier alpha value is -0.790. The van der Waals surface area contributed by atoms with Crippen LogP contribution in [0.2, 0.25) is 0 Å². The summed E-state index contributed by atoms with van der Waals surface area (Å²) in [5, 5.41) is 0. The Morgan fingerprint density at radius 3 is 3.06 bits per heavy atom. The lowest BCUT2D eigenvalue weighted by molar-refractivity contribution is -0.157. The molecule has 0 aliphatic heterocycles. The van der Waals surface area contributed by atoms with E-state index in [4.69, 9.17) is 4.74 Å². The molecule has 3 saturated carbocycles. The highest BCUT2D eigenvalue weighted by Gasteiger charge is 2.66. The number of fused-ring (bicyclic) bond motifs is 9. The van der Waals surface area contributed by atoms with Gasteiger partial charge in [-0.15, -0.1) is 0 Å². The van der Waals surface area contributed by atoms with Crippen LogP contribution < -0.4 is 0 Å². The number of methoxy groups -OCH3 is 1. The second kappa shape index (κ2) is 2.96. The van der Waals surface area contributed by atoms with Gasteiger partial charge in [0.1, 0.15) is 0 Å². The molecule has 17 heavy (non-hydrogen) atoms. The minimum atomic E-state index is -0.175. The summed E-state index contributed by atoms with van der Waals surface area (Å²) in [4.78, 5) is 12.1. The zero-order chi connectivity index (χ0) is 11.8. The third-order valence-corrected chi connectivity index (χ3v) is 6.25. The Balaban J connectivity index is 1.72. The number of rotatable bonds is 1. The van der Waals surface area contributed by atoms with Crippen LogP contribution in [0.4, 0.5) is 0 Å². The molecule has 2 heteroatoms. The van der Waals surface area contributed by atoms with Gasteiger partial charge in [0.15, 0.2) is 0 Å². The predicted molar refractivity (Wildman–Crippen MR) is 64.1 cm³/mol. The molecule has 4 bridgehead atoms. The van der Waals surface area contributed by atoms with Crippen LogP contribution in [0.1, 0.15) is 32.6 Å². The smallest absolute Gasteiger partial charge is 0.311 e. The summed E-state index contributed by atoms with van der Waals surface area (Å²) in [6.45, 7) is 2.15. The molecule has 4 aliphatic carbocycles. The Kier molecular flexibility index (Phi) is 1.77. The molecule has 4 rings (SSSR count). The molecule has 0 saturated heterocycles. The summed E-state index contributed by atoms with van der Waals surface area (Å²) in [6, 6.07) is 0. The lowest BCUT2D eigenvalue weighted by Crippen LogP contribution is -2.42. The van der Waals surface area contributed by atoms with Gasteiger partial charge in [0.25, 0.3) is 0 Å². The molecule has 4 aliphatic rings. The van der Waals surface area contributed by atoms with E-state index in [1.54, 1.807) is 12.7 Å². The molecule has 0 spiro atoms. The summed E-state index contributed by atoms with van der Waals surface area (Å²) in [5.74, 6) is 3.91. The van der Waals surface area contributed by atoms with Crippen LogP contribution in [-0.2, 0) is 9.53 Å². The van der Waals surface area contributed by atoms with Crippen LogP contribution in [0, 0.1) is 35.0 Å². The number of hydrogen-bond acceptors (Lipinski definition) is 2. The van der Waals surface area contributed by atoms with Crippen molar-refractivity contribution in [2.45, 2.75) is 32.6 Å². The van der Waals surface area contributed by atoms with Crippen molar-refractivity contribution in [3.63, 3.8) is 0 Å². The fraction of sp³-hybridized carbons (Fsp3) is 0.800. The van der Waals surface area contributed by atoms with Crippen LogP contribution in [0.15, 0.2) is 11.6 Å². The van der Waals surface area contributed by atoms with Crippen LogP contribution in [0.5, 0.6) is 0 Å². The fourth-order valence-corrected chi connectivity index (χ4v) is 5.76. The zero-order valence-electron chi connectivity index (χ0n) is 10.6. The molecule has 0 heterocycles. The molecule has 0 aromatic carbocycles. The molecule has 6 atom stereocenters. The standard InChI is InChI=1S/C15H20O2/c1-15(14(16)17-2)7-10-6-11(15)13-9-4-3-8(5-9)12(10)13/h3,9-13H,4-7H2,1-2H3. The van der Waals surface area contributed by atoms with E-state index in [1.165, 1.54) is 19.3 Å². The summed E-state index contributed by atoms with van der Waals surface area (Å²) in [5.41, 5.74) is 1.56. The van der Waals surface area contributed by atoms with Gasteiger partial charge >= 0.3 is 5.97 Å². The lowest BCUT2D eigenvalue weighted by atomic mass is 9.63. The average Bonchev–Trinajstić information content (AvgIpc) is 3.03. The first kappa shape index (κ1) is 10.2. The molecule has 6 unspecified atom stereocenters. The summed E-state index contributed by atoms with van der Waals surface area (Å²) >= 11 is 0. The van der Waals surface area contributed by atoms with Gasteiger partial charge in [-0.05, 0) is 62.2 Å². The van der Waals surface area contributed by atoms with Gasteiger partial charge in [-0.3, -0.25) is 4.79 Å². The van der Waals surface area contributed by atoms with E-state index >= 15 is 0 Å². The number of hydrogen-bond donors (Lipinski definition) is 0. The number of carbonyl (C=O) groups excluding carboxylic acids is 1. The van der Waals surface area contributed by atoms with E-state index in [2.05, 4.69) is 13.0 Å². The van der Waals surface area contributed by atoms with Gasteiger partial charge in [0, 0.05) is 0 Å². The highest BCUT2D eigenvalue weighted by Crippen LogP contribution is 2.70. The van der Waals surface area contributed by atoms with E-state index in [0.29, 0.717) is 5.92 Å². The molecule has 0 radical (unpaired) electrons. The molecule has 0 aromatic rings. The quantitative estimate of drug-likeness (QED) is 0.395. The fourth-order valence-electron chi connectivity index (χ4n) is 5.76. The second-order valence-electron chi connectivity index (χ2n) is 6.80. The van der Waals surface area contributed by atoms with E-state index in [-0.39, 0.29) is 11.4 Å².